The summed E-state index contributed by atoms with van der Waals surface area (Å²) in [5, 5.41) is 23.2. The maximum atomic E-state index is 13.5. The first-order valence-electron chi connectivity index (χ1n) is 13.1. The van der Waals surface area contributed by atoms with Crippen molar-refractivity contribution in [1.29, 1.82) is 0 Å². The van der Waals surface area contributed by atoms with Crippen molar-refractivity contribution in [2.45, 2.75) is 122 Å². The quantitative estimate of drug-likeness (QED) is 0.250. The SMILES string of the molecule is CCCCCC(=O)O[C@@H]1C(=O)C(C)=C2[C@H]1[C@@](C)(OC(C)=O)C[C@H](OC(=O)CCC)[C@@]1(O)[C@H]2OC(=O)[C@@]1(C)O. The van der Waals surface area contributed by atoms with Crippen molar-refractivity contribution in [2.24, 2.45) is 5.92 Å². The Morgan fingerprint density at radius 1 is 1.00 bits per heavy atom. The van der Waals surface area contributed by atoms with Crippen molar-refractivity contribution in [3.63, 3.8) is 0 Å². The van der Waals surface area contributed by atoms with Crippen molar-refractivity contribution in [2.75, 3.05) is 0 Å². The van der Waals surface area contributed by atoms with E-state index in [0.717, 1.165) is 26.7 Å². The van der Waals surface area contributed by atoms with Crippen LogP contribution in [0.4, 0.5) is 0 Å². The molecular formula is C27H38O11. The van der Waals surface area contributed by atoms with Gasteiger partial charge in [0.05, 0.1) is 5.92 Å². The van der Waals surface area contributed by atoms with E-state index in [-0.39, 0.29) is 24.0 Å². The molecule has 0 radical (unpaired) electrons. The highest BCUT2D eigenvalue weighted by Gasteiger charge is 2.75. The summed E-state index contributed by atoms with van der Waals surface area (Å²) in [6.07, 6.45) is -2.39. The monoisotopic (exact) mass is 538 g/mol. The number of unbranched alkanes of at least 4 members (excludes halogenated alkanes) is 2. The second kappa shape index (κ2) is 10.8. The number of hydrogen-bond donors (Lipinski definition) is 2. The summed E-state index contributed by atoms with van der Waals surface area (Å²) in [6.45, 7) is 8.82. The smallest absolute Gasteiger partial charge is 0.341 e. The van der Waals surface area contributed by atoms with Crippen LogP contribution in [0, 0.1) is 5.92 Å². The summed E-state index contributed by atoms with van der Waals surface area (Å²) in [5.41, 5.74) is -6.67. The molecule has 11 nitrogen and oxygen atoms in total. The Balaban J connectivity index is 2.18. The Hall–Kier alpha value is -2.79. The third-order valence-electron chi connectivity index (χ3n) is 7.87. The predicted molar refractivity (Wildman–Crippen MR) is 130 cm³/mol. The third kappa shape index (κ3) is 4.86. The van der Waals surface area contributed by atoms with Gasteiger partial charge in [-0.05, 0) is 44.8 Å². The molecule has 7 atom stereocenters. The summed E-state index contributed by atoms with van der Waals surface area (Å²) >= 11 is 0. The van der Waals surface area contributed by atoms with Crippen molar-refractivity contribution in [3.05, 3.63) is 11.1 Å². The summed E-state index contributed by atoms with van der Waals surface area (Å²) in [5.74, 6) is -5.03. The van der Waals surface area contributed by atoms with Crippen LogP contribution < -0.4 is 0 Å². The van der Waals surface area contributed by atoms with E-state index in [0.29, 0.717) is 12.8 Å². The van der Waals surface area contributed by atoms with Crippen LogP contribution in [0.15, 0.2) is 11.1 Å². The third-order valence-corrected chi connectivity index (χ3v) is 7.87. The molecule has 212 valence electrons. The normalized spacial score (nSPS) is 36.2. The van der Waals surface area contributed by atoms with Gasteiger partial charge < -0.3 is 29.2 Å². The molecule has 0 aromatic heterocycles. The van der Waals surface area contributed by atoms with E-state index in [4.69, 9.17) is 18.9 Å². The molecule has 1 saturated heterocycles. The molecule has 1 heterocycles. The lowest BCUT2D eigenvalue weighted by atomic mass is 9.75. The van der Waals surface area contributed by atoms with Crippen LogP contribution in [0.1, 0.15) is 86.5 Å². The first-order valence-corrected chi connectivity index (χ1v) is 13.1. The minimum Gasteiger partial charge on any atom is -0.459 e. The van der Waals surface area contributed by atoms with Gasteiger partial charge in [-0.1, -0.05) is 26.7 Å². The molecule has 0 spiro atoms. The molecule has 0 aromatic carbocycles. The summed E-state index contributed by atoms with van der Waals surface area (Å²) in [6, 6.07) is 0. The van der Waals surface area contributed by atoms with E-state index in [9.17, 15) is 34.2 Å². The number of esters is 4. The molecular weight excluding hydrogens is 500 g/mol. The molecule has 38 heavy (non-hydrogen) atoms. The van der Waals surface area contributed by atoms with E-state index < -0.39 is 77.1 Å². The molecule has 1 saturated carbocycles. The highest BCUT2D eigenvalue weighted by Crippen LogP contribution is 2.56. The van der Waals surface area contributed by atoms with Gasteiger partial charge in [0.15, 0.2) is 29.2 Å². The van der Waals surface area contributed by atoms with Gasteiger partial charge in [0.25, 0.3) is 0 Å². The van der Waals surface area contributed by atoms with Crippen molar-refractivity contribution < 1.29 is 53.1 Å². The number of Topliss-reactive ketones (excluding diaryl/α,β-unsaturated/α-hetero) is 1. The molecule has 3 aliphatic rings. The zero-order valence-corrected chi connectivity index (χ0v) is 22.8. The maximum Gasteiger partial charge on any atom is 0.341 e. The van der Waals surface area contributed by atoms with Crippen LogP contribution in [0.5, 0.6) is 0 Å². The fourth-order valence-electron chi connectivity index (χ4n) is 5.90. The Kier molecular flexibility index (Phi) is 8.43. The van der Waals surface area contributed by atoms with Crippen LogP contribution in [0.3, 0.4) is 0 Å². The Morgan fingerprint density at radius 2 is 1.63 bits per heavy atom. The minimum atomic E-state index is -2.55. The largest absolute Gasteiger partial charge is 0.459 e. The van der Waals surface area contributed by atoms with E-state index in [1.165, 1.54) is 13.8 Å². The number of fused-ring (bicyclic) bond motifs is 3. The van der Waals surface area contributed by atoms with E-state index in [1.54, 1.807) is 6.92 Å². The lowest BCUT2D eigenvalue weighted by Gasteiger charge is -2.41. The van der Waals surface area contributed by atoms with Crippen molar-refractivity contribution >= 4 is 29.7 Å². The summed E-state index contributed by atoms with van der Waals surface area (Å²) in [7, 11) is 0. The van der Waals surface area contributed by atoms with Gasteiger partial charge >= 0.3 is 23.9 Å². The zero-order valence-electron chi connectivity index (χ0n) is 22.8. The molecule has 11 heteroatoms. The fraction of sp³-hybridized carbons (Fsp3) is 0.741. The fourth-order valence-corrected chi connectivity index (χ4v) is 5.90. The molecule has 2 aliphatic carbocycles. The number of aliphatic hydroxyl groups is 2. The molecule has 0 bridgehead atoms. The van der Waals surface area contributed by atoms with Gasteiger partial charge in [-0.25, -0.2) is 4.79 Å². The predicted octanol–water partition coefficient (Wildman–Crippen LogP) is 1.84. The Labute approximate surface area is 221 Å². The second-order valence-electron chi connectivity index (χ2n) is 10.8. The highest BCUT2D eigenvalue weighted by atomic mass is 16.6. The topological polar surface area (TPSA) is 163 Å². The Bertz CT molecular complexity index is 1040. The minimum absolute atomic E-state index is 0.0138. The van der Waals surface area contributed by atoms with Crippen LogP contribution in [-0.2, 0) is 42.9 Å². The van der Waals surface area contributed by atoms with Crippen molar-refractivity contribution in [1.82, 2.24) is 0 Å². The summed E-state index contributed by atoms with van der Waals surface area (Å²) in [4.78, 5) is 63.8. The van der Waals surface area contributed by atoms with Crippen LogP contribution in [0.2, 0.25) is 0 Å². The first kappa shape index (κ1) is 29.8. The van der Waals surface area contributed by atoms with Gasteiger partial charge in [0.2, 0.25) is 0 Å². The van der Waals surface area contributed by atoms with Crippen molar-refractivity contribution in [3.8, 4) is 0 Å². The van der Waals surface area contributed by atoms with Gasteiger partial charge in [0.1, 0.15) is 11.7 Å². The maximum absolute atomic E-state index is 13.5. The van der Waals surface area contributed by atoms with Gasteiger partial charge in [-0.15, -0.1) is 0 Å². The number of hydrogen-bond acceptors (Lipinski definition) is 11. The molecule has 3 rings (SSSR count). The van der Waals surface area contributed by atoms with Gasteiger partial charge in [-0.3, -0.25) is 19.2 Å². The number of carbonyl (C=O) groups is 5. The number of ether oxygens (including phenoxy) is 4. The molecule has 2 fully saturated rings. The zero-order chi connectivity index (χ0) is 28.6. The second-order valence-corrected chi connectivity index (χ2v) is 10.8. The molecule has 1 aliphatic heterocycles. The van der Waals surface area contributed by atoms with Gasteiger partial charge in [-0.2, -0.15) is 0 Å². The van der Waals surface area contributed by atoms with Crippen LogP contribution in [-0.4, -0.2) is 75.0 Å². The number of carbonyl (C=O) groups excluding carboxylic acids is 5. The Morgan fingerprint density at radius 3 is 2.21 bits per heavy atom. The molecule has 2 N–H and O–H groups in total. The standard InChI is InChI=1S/C27H38O11/c1-7-9-10-12-18(30)36-22-20-19(14(3)21(22)31)23-27(34,26(6,33)24(32)37-23)16(35-17(29)11-8-2)13-25(20,5)38-15(4)28/h16,20,22-23,33-34H,7-13H2,1-6H3/t16-,20+,22-,23-,25-,26+,27+/m0/s1. The van der Waals surface area contributed by atoms with Crippen LogP contribution in [0.25, 0.3) is 0 Å². The van der Waals surface area contributed by atoms with E-state index in [1.807, 2.05) is 6.92 Å². The van der Waals surface area contributed by atoms with E-state index in [2.05, 4.69) is 0 Å². The molecule has 0 unspecified atom stereocenters. The average Bonchev–Trinajstić information content (AvgIpc) is 3.12. The lowest BCUT2D eigenvalue weighted by Crippen LogP contribution is -2.64. The lowest BCUT2D eigenvalue weighted by molar-refractivity contribution is -0.211. The highest BCUT2D eigenvalue weighted by molar-refractivity contribution is 6.04. The van der Waals surface area contributed by atoms with E-state index >= 15 is 0 Å². The average molecular weight is 539 g/mol. The number of ketones is 1. The summed E-state index contributed by atoms with van der Waals surface area (Å²) < 4.78 is 22.4. The number of rotatable bonds is 9. The first-order chi connectivity index (χ1) is 17.6. The van der Waals surface area contributed by atoms with Crippen LogP contribution >= 0.6 is 0 Å². The molecule has 0 amide bonds. The van der Waals surface area contributed by atoms with Gasteiger partial charge in [0, 0.05) is 26.2 Å². The molecule has 0 aromatic rings.